The van der Waals surface area contributed by atoms with E-state index in [0.29, 0.717) is 12.2 Å². The van der Waals surface area contributed by atoms with Crippen molar-refractivity contribution in [2.45, 2.75) is 6.54 Å². The van der Waals surface area contributed by atoms with Crippen LogP contribution in [0.3, 0.4) is 0 Å². The van der Waals surface area contributed by atoms with Gasteiger partial charge in [0.2, 0.25) is 11.9 Å². The largest absolute Gasteiger partial charge is 0.316 e. The summed E-state index contributed by atoms with van der Waals surface area (Å²) < 4.78 is 26.1. The third-order valence-electron chi connectivity index (χ3n) is 2.30. The summed E-state index contributed by atoms with van der Waals surface area (Å²) in [6, 6.07) is 6.03. The molecule has 0 fully saturated rings. The van der Waals surface area contributed by atoms with Crippen molar-refractivity contribution in [3.63, 3.8) is 0 Å². The highest BCUT2D eigenvalue weighted by Crippen LogP contribution is 2.20. The first-order valence-electron chi connectivity index (χ1n) is 5.12. The highest BCUT2D eigenvalue weighted by molar-refractivity contribution is 5.59. The zero-order chi connectivity index (χ0) is 12.3. The Morgan fingerprint density at radius 1 is 1.24 bits per heavy atom. The van der Waals surface area contributed by atoms with Crippen LogP contribution in [-0.2, 0) is 6.54 Å². The van der Waals surface area contributed by atoms with Crippen molar-refractivity contribution in [1.29, 1.82) is 0 Å². The van der Waals surface area contributed by atoms with Crippen LogP contribution in [0.5, 0.6) is 0 Å². The average Bonchev–Trinajstić information content (AvgIpc) is 2.29. The van der Waals surface area contributed by atoms with E-state index in [0.717, 1.165) is 11.6 Å². The van der Waals surface area contributed by atoms with Gasteiger partial charge in [-0.2, -0.15) is 13.8 Å². The minimum absolute atomic E-state index is 0.198. The Hall–Kier alpha value is -1.88. The molecule has 0 aliphatic rings. The Balaban J connectivity index is 2.42. The number of rotatable bonds is 3. The fourth-order valence-electron chi connectivity index (χ4n) is 1.54. The summed E-state index contributed by atoms with van der Waals surface area (Å²) in [4.78, 5) is 7.19. The maximum atomic E-state index is 13.4. The molecule has 2 rings (SSSR count). The Kier molecular flexibility index (Phi) is 3.39. The molecule has 88 valence electrons. The summed E-state index contributed by atoms with van der Waals surface area (Å²) in [6.07, 6.45) is 1.59. The Morgan fingerprint density at radius 2 is 2.06 bits per heavy atom. The van der Waals surface area contributed by atoms with Gasteiger partial charge in [-0.05, 0) is 36.9 Å². The zero-order valence-electron chi connectivity index (χ0n) is 9.24. The van der Waals surface area contributed by atoms with Crippen LogP contribution in [0.1, 0.15) is 5.56 Å². The van der Waals surface area contributed by atoms with Crippen molar-refractivity contribution in [2.24, 2.45) is 0 Å². The highest BCUT2D eigenvalue weighted by atomic mass is 19.1. The maximum absolute atomic E-state index is 13.4. The van der Waals surface area contributed by atoms with E-state index in [9.17, 15) is 8.78 Å². The third kappa shape index (κ3) is 2.62. The molecule has 0 aliphatic carbocycles. The number of halogens is 2. The van der Waals surface area contributed by atoms with Crippen LogP contribution in [-0.4, -0.2) is 17.0 Å². The van der Waals surface area contributed by atoms with Crippen LogP contribution in [0.4, 0.5) is 8.78 Å². The molecule has 2 aromatic heterocycles. The standard InChI is InChI=1S/C12H11F2N3/c1-15-7-8-4-5-16-10(6-8)9-2-3-11(13)17-12(9)14/h2-6,15H,7H2,1H3. The lowest BCUT2D eigenvalue weighted by atomic mass is 10.1. The first-order valence-corrected chi connectivity index (χ1v) is 5.12. The first kappa shape index (κ1) is 11.6. The molecule has 0 radical (unpaired) electrons. The lowest BCUT2D eigenvalue weighted by Gasteiger charge is -2.04. The molecule has 0 saturated heterocycles. The highest BCUT2D eigenvalue weighted by Gasteiger charge is 2.09. The molecular weight excluding hydrogens is 224 g/mol. The van der Waals surface area contributed by atoms with Crippen molar-refractivity contribution in [2.75, 3.05) is 7.05 Å². The van der Waals surface area contributed by atoms with E-state index in [4.69, 9.17) is 0 Å². The second-order valence-electron chi connectivity index (χ2n) is 3.55. The molecule has 2 aromatic rings. The van der Waals surface area contributed by atoms with Crippen LogP contribution < -0.4 is 5.32 Å². The maximum Gasteiger partial charge on any atom is 0.224 e. The van der Waals surface area contributed by atoms with Gasteiger partial charge in [-0.15, -0.1) is 0 Å². The fourth-order valence-corrected chi connectivity index (χ4v) is 1.54. The normalized spacial score (nSPS) is 10.5. The number of hydrogen-bond acceptors (Lipinski definition) is 3. The molecule has 0 bridgehead atoms. The van der Waals surface area contributed by atoms with E-state index in [1.165, 1.54) is 6.07 Å². The molecule has 0 unspecified atom stereocenters. The zero-order valence-corrected chi connectivity index (χ0v) is 9.24. The quantitative estimate of drug-likeness (QED) is 0.828. The van der Waals surface area contributed by atoms with Crippen LogP contribution in [0.2, 0.25) is 0 Å². The molecular formula is C12H11F2N3. The summed E-state index contributed by atoms with van der Waals surface area (Å²) in [5.74, 6) is -1.68. The van der Waals surface area contributed by atoms with Crippen LogP contribution in [0, 0.1) is 11.9 Å². The van der Waals surface area contributed by atoms with Crippen LogP contribution in [0.25, 0.3) is 11.3 Å². The smallest absolute Gasteiger partial charge is 0.224 e. The van der Waals surface area contributed by atoms with Crippen molar-refractivity contribution >= 4 is 0 Å². The molecule has 3 nitrogen and oxygen atoms in total. The predicted molar refractivity (Wildman–Crippen MR) is 60.1 cm³/mol. The summed E-state index contributed by atoms with van der Waals surface area (Å²) >= 11 is 0. The van der Waals surface area contributed by atoms with E-state index in [1.54, 1.807) is 12.3 Å². The van der Waals surface area contributed by atoms with Gasteiger partial charge in [0.05, 0.1) is 11.3 Å². The molecule has 0 aliphatic heterocycles. The van der Waals surface area contributed by atoms with E-state index in [1.807, 2.05) is 13.1 Å². The van der Waals surface area contributed by atoms with Gasteiger partial charge in [-0.25, -0.2) is 0 Å². The molecule has 0 aromatic carbocycles. The van der Waals surface area contributed by atoms with Gasteiger partial charge in [0, 0.05) is 12.7 Å². The first-order chi connectivity index (χ1) is 8.20. The van der Waals surface area contributed by atoms with Crippen molar-refractivity contribution in [3.05, 3.63) is 47.9 Å². The SMILES string of the molecule is CNCc1ccnc(-c2ccc(F)nc2F)c1. The fraction of sp³-hybridized carbons (Fsp3) is 0.167. The third-order valence-corrected chi connectivity index (χ3v) is 2.30. The van der Waals surface area contributed by atoms with Gasteiger partial charge >= 0.3 is 0 Å². The summed E-state index contributed by atoms with van der Waals surface area (Å²) in [5, 5.41) is 2.99. The predicted octanol–water partition coefficient (Wildman–Crippen LogP) is 2.14. The van der Waals surface area contributed by atoms with Gasteiger partial charge < -0.3 is 5.32 Å². The molecule has 0 atom stereocenters. The number of nitrogens with one attached hydrogen (secondary N) is 1. The van der Waals surface area contributed by atoms with Gasteiger partial charge in [0.1, 0.15) is 0 Å². The Bertz CT molecular complexity index is 529. The van der Waals surface area contributed by atoms with E-state index < -0.39 is 11.9 Å². The Labute approximate surface area is 97.5 Å². The van der Waals surface area contributed by atoms with E-state index >= 15 is 0 Å². The second kappa shape index (κ2) is 4.97. The molecule has 5 heteroatoms. The lowest BCUT2D eigenvalue weighted by molar-refractivity contribution is 0.515. The number of hydrogen-bond donors (Lipinski definition) is 1. The molecule has 0 amide bonds. The molecule has 17 heavy (non-hydrogen) atoms. The molecule has 2 heterocycles. The van der Waals surface area contributed by atoms with Gasteiger partial charge in [-0.3, -0.25) is 4.98 Å². The van der Waals surface area contributed by atoms with Crippen molar-refractivity contribution in [3.8, 4) is 11.3 Å². The van der Waals surface area contributed by atoms with E-state index in [-0.39, 0.29) is 5.56 Å². The molecule has 0 saturated carbocycles. The molecule has 0 spiro atoms. The monoisotopic (exact) mass is 235 g/mol. The van der Waals surface area contributed by atoms with Crippen LogP contribution >= 0.6 is 0 Å². The number of aromatic nitrogens is 2. The summed E-state index contributed by atoms with van der Waals surface area (Å²) in [7, 11) is 1.82. The van der Waals surface area contributed by atoms with E-state index in [2.05, 4.69) is 15.3 Å². The van der Waals surface area contributed by atoms with Gasteiger partial charge in [-0.1, -0.05) is 0 Å². The van der Waals surface area contributed by atoms with Crippen molar-refractivity contribution < 1.29 is 8.78 Å². The Morgan fingerprint density at radius 3 is 2.76 bits per heavy atom. The van der Waals surface area contributed by atoms with Gasteiger partial charge in [0.15, 0.2) is 0 Å². The number of nitrogens with zero attached hydrogens (tertiary/aromatic N) is 2. The minimum Gasteiger partial charge on any atom is -0.316 e. The topological polar surface area (TPSA) is 37.8 Å². The van der Waals surface area contributed by atoms with Crippen molar-refractivity contribution in [1.82, 2.24) is 15.3 Å². The lowest BCUT2D eigenvalue weighted by Crippen LogP contribution is -2.05. The second-order valence-corrected chi connectivity index (χ2v) is 3.55. The number of pyridine rings is 2. The molecule has 1 N–H and O–H groups in total. The minimum atomic E-state index is -0.848. The van der Waals surface area contributed by atoms with Crippen LogP contribution in [0.15, 0.2) is 30.5 Å². The summed E-state index contributed by atoms with van der Waals surface area (Å²) in [5.41, 5.74) is 1.62. The summed E-state index contributed by atoms with van der Waals surface area (Å²) in [6.45, 7) is 0.658. The average molecular weight is 235 g/mol. The van der Waals surface area contributed by atoms with Gasteiger partial charge in [0.25, 0.3) is 0 Å².